The Balaban J connectivity index is 0.00000433. The molecule has 6 rings (SSSR count). The molecule has 0 saturated heterocycles. The maximum atomic E-state index is 13.3. The van der Waals surface area contributed by atoms with Gasteiger partial charge in [-0.15, -0.1) is 0 Å². The lowest BCUT2D eigenvalue weighted by Crippen LogP contribution is -3.00. The molecule has 0 N–H and O–H groups in total. The van der Waals surface area contributed by atoms with Gasteiger partial charge in [-0.3, -0.25) is 9.59 Å². The van der Waals surface area contributed by atoms with Gasteiger partial charge in [0.25, 0.3) is 0 Å². The van der Waals surface area contributed by atoms with Crippen molar-refractivity contribution >= 4 is 18.8 Å². The molecular formula is C41H62IN2O2P. The van der Waals surface area contributed by atoms with Crippen LogP contribution in [0.4, 0.5) is 0 Å². The second-order valence-corrected chi connectivity index (χ2v) is 20.1. The zero-order chi connectivity index (χ0) is 31.8. The third-order valence-electron chi connectivity index (χ3n) is 12.7. The van der Waals surface area contributed by atoms with Crippen LogP contribution in [0.3, 0.4) is 0 Å². The van der Waals surface area contributed by atoms with E-state index in [1.54, 1.807) is 56.8 Å². The van der Waals surface area contributed by atoms with Crippen LogP contribution in [0.15, 0.2) is 24.3 Å². The number of aryl methyl sites for hydroxylation is 1. The summed E-state index contributed by atoms with van der Waals surface area (Å²) < 4.78 is 2.00. The molecule has 1 aromatic carbocycles. The molecule has 0 radical (unpaired) electrons. The predicted molar refractivity (Wildman–Crippen MR) is 194 cm³/mol. The molecule has 6 heteroatoms. The van der Waals surface area contributed by atoms with Crippen molar-refractivity contribution in [3.63, 3.8) is 0 Å². The normalized spacial score (nSPS) is 19.8. The third kappa shape index (κ3) is 8.46. The number of fused-ring (bicyclic) bond motifs is 2. The first-order valence-corrected chi connectivity index (χ1v) is 21.9. The molecule has 3 saturated carbocycles. The first-order chi connectivity index (χ1) is 22.6. The van der Waals surface area contributed by atoms with Crippen molar-refractivity contribution < 1.29 is 33.6 Å². The molecule has 2 aromatic rings. The van der Waals surface area contributed by atoms with Gasteiger partial charge in [-0.1, -0.05) is 82.1 Å². The number of rotatable bonds is 15. The van der Waals surface area contributed by atoms with Gasteiger partial charge in [0.05, 0.1) is 23.1 Å². The molecule has 0 spiro atoms. The highest BCUT2D eigenvalue weighted by molar-refractivity contribution is 7.77. The van der Waals surface area contributed by atoms with Crippen LogP contribution in [-0.2, 0) is 6.54 Å². The van der Waals surface area contributed by atoms with E-state index in [1.165, 1.54) is 109 Å². The number of benzene rings is 1. The Morgan fingerprint density at radius 1 is 0.617 bits per heavy atom. The number of halogens is 1. The van der Waals surface area contributed by atoms with E-state index >= 15 is 0 Å². The fourth-order valence-corrected chi connectivity index (χ4v) is 18.0. The highest BCUT2D eigenvalue weighted by atomic mass is 127. The zero-order valence-corrected chi connectivity index (χ0v) is 32.5. The Bertz CT molecular complexity index is 1260. The van der Waals surface area contributed by atoms with Crippen LogP contribution >= 0.6 is 7.26 Å². The van der Waals surface area contributed by atoms with Gasteiger partial charge in [-0.2, -0.15) is 0 Å². The summed E-state index contributed by atoms with van der Waals surface area (Å²) in [5, 5.41) is 0. The second-order valence-electron chi connectivity index (χ2n) is 15.5. The molecule has 0 amide bonds. The van der Waals surface area contributed by atoms with E-state index in [0.717, 1.165) is 35.8 Å². The van der Waals surface area contributed by atoms with E-state index in [4.69, 9.17) is 0 Å². The third-order valence-corrected chi connectivity index (χ3v) is 19.4. The molecule has 0 aliphatic heterocycles. The standard InChI is InChI=1S/C41H62N2O2P.HI/c1-32-42-38-39(41(45)37-29-19-18-28-36(37)40(38)44)43(32)30-20-7-5-3-2-4-6-8-21-31-46(33-22-12-9-13-23-33,34-24-14-10-15-25-34)35-26-16-11-17-27-35;/h18-19,28-29,33-35H,2-17,20-27,30-31H2,1H3;1H/q+1;/p-1. The molecule has 1 aromatic heterocycles. The van der Waals surface area contributed by atoms with Crippen molar-refractivity contribution in [1.82, 2.24) is 9.55 Å². The number of carbonyl (C=O) groups excluding carboxylic acids is 2. The Hall–Kier alpha value is -1.07. The van der Waals surface area contributed by atoms with E-state index in [-0.39, 0.29) is 35.5 Å². The highest BCUT2D eigenvalue weighted by Crippen LogP contribution is 2.77. The molecule has 4 aliphatic rings. The lowest BCUT2D eigenvalue weighted by atomic mass is 9.90. The molecule has 0 bridgehead atoms. The quantitative estimate of drug-likeness (QED) is 0.0885. The summed E-state index contributed by atoms with van der Waals surface area (Å²) in [5.41, 5.74) is 5.27. The summed E-state index contributed by atoms with van der Waals surface area (Å²) in [6, 6.07) is 7.17. The van der Waals surface area contributed by atoms with Crippen LogP contribution in [0.25, 0.3) is 0 Å². The number of unbranched alkanes of at least 4 members (excludes halogenated alkanes) is 8. The topological polar surface area (TPSA) is 52.0 Å². The van der Waals surface area contributed by atoms with Crippen molar-refractivity contribution in [1.29, 1.82) is 0 Å². The van der Waals surface area contributed by atoms with Crippen LogP contribution in [0.2, 0.25) is 0 Å². The van der Waals surface area contributed by atoms with Gasteiger partial charge in [0, 0.05) is 24.9 Å². The van der Waals surface area contributed by atoms with E-state index in [9.17, 15) is 9.59 Å². The minimum atomic E-state index is -0.898. The second kappa shape index (κ2) is 18.2. The summed E-state index contributed by atoms with van der Waals surface area (Å²) in [6.07, 6.45) is 36.8. The average molecular weight is 773 g/mol. The van der Waals surface area contributed by atoms with Crippen molar-refractivity contribution in [3.05, 3.63) is 52.6 Å². The largest absolute Gasteiger partial charge is 1.00 e. The Kier molecular flexibility index (Phi) is 14.4. The zero-order valence-electron chi connectivity index (χ0n) is 29.5. The van der Waals surface area contributed by atoms with Crippen LogP contribution in [0.5, 0.6) is 0 Å². The number of nitrogens with zero attached hydrogens (tertiary/aromatic N) is 2. The fraction of sp³-hybridized carbons (Fsp3) is 0.732. The van der Waals surface area contributed by atoms with E-state index in [0.29, 0.717) is 22.5 Å². The van der Waals surface area contributed by atoms with Gasteiger partial charge in [0.15, 0.2) is 0 Å². The van der Waals surface area contributed by atoms with E-state index in [2.05, 4.69) is 4.98 Å². The Morgan fingerprint density at radius 2 is 1.04 bits per heavy atom. The first kappa shape index (κ1) is 37.2. The molecular weight excluding hydrogens is 710 g/mol. The summed E-state index contributed by atoms with van der Waals surface area (Å²) in [7, 11) is -0.898. The molecule has 47 heavy (non-hydrogen) atoms. The molecule has 3 fully saturated rings. The van der Waals surface area contributed by atoms with Crippen LogP contribution in [-0.4, -0.2) is 44.3 Å². The minimum absolute atomic E-state index is 0. The predicted octanol–water partition coefficient (Wildman–Crippen LogP) is 8.50. The maximum absolute atomic E-state index is 13.3. The number of hydrogen-bond acceptors (Lipinski definition) is 3. The van der Waals surface area contributed by atoms with Gasteiger partial charge in [0.1, 0.15) is 17.2 Å². The molecule has 4 nitrogen and oxygen atoms in total. The monoisotopic (exact) mass is 772 g/mol. The van der Waals surface area contributed by atoms with E-state index < -0.39 is 7.26 Å². The number of ketones is 2. The summed E-state index contributed by atoms with van der Waals surface area (Å²) >= 11 is 0. The summed E-state index contributed by atoms with van der Waals surface area (Å²) in [4.78, 5) is 30.8. The van der Waals surface area contributed by atoms with Crippen molar-refractivity contribution in [2.24, 2.45) is 0 Å². The Labute approximate surface area is 303 Å². The molecule has 4 aliphatic carbocycles. The number of imidazole rings is 1. The Morgan fingerprint density at radius 3 is 1.53 bits per heavy atom. The van der Waals surface area contributed by atoms with Crippen LogP contribution < -0.4 is 24.0 Å². The fourth-order valence-electron chi connectivity index (χ4n) is 10.4. The maximum Gasteiger partial charge on any atom is 0.214 e. The van der Waals surface area contributed by atoms with Gasteiger partial charge in [-0.25, -0.2) is 4.98 Å². The molecule has 1 heterocycles. The average Bonchev–Trinajstić information content (AvgIpc) is 3.45. The first-order valence-electron chi connectivity index (χ1n) is 19.7. The lowest BCUT2D eigenvalue weighted by Gasteiger charge is -2.49. The van der Waals surface area contributed by atoms with E-state index in [1.807, 2.05) is 23.6 Å². The van der Waals surface area contributed by atoms with Gasteiger partial charge < -0.3 is 28.5 Å². The number of carbonyl (C=O) groups is 2. The van der Waals surface area contributed by atoms with Crippen LogP contribution in [0.1, 0.15) is 192 Å². The van der Waals surface area contributed by atoms with Gasteiger partial charge >= 0.3 is 0 Å². The van der Waals surface area contributed by atoms with Crippen molar-refractivity contribution in [2.75, 3.05) is 6.16 Å². The van der Waals surface area contributed by atoms with Gasteiger partial charge in [-0.05, 0) is 103 Å². The highest BCUT2D eigenvalue weighted by Gasteiger charge is 2.56. The van der Waals surface area contributed by atoms with Gasteiger partial charge in [0.2, 0.25) is 11.6 Å². The summed E-state index contributed by atoms with van der Waals surface area (Å²) in [6.45, 7) is 2.69. The minimum Gasteiger partial charge on any atom is -1.00 e. The SMILES string of the molecule is Cc1nc2c(n1CCCCCCCCCCC[P+](C1CCCCC1)(C1CCCCC1)C1CCCCC1)C(=O)c1ccccc1C2=O.[I-]. The van der Waals surface area contributed by atoms with Crippen LogP contribution in [0, 0.1) is 6.92 Å². The number of hydrogen-bond donors (Lipinski definition) is 0. The molecule has 0 unspecified atom stereocenters. The lowest BCUT2D eigenvalue weighted by molar-refractivity contribution is -0.0000234. The summed E-state index contributed by atoms with van der Waals surface area (Å²) in [5.74, 6) is 0.611. The molecule has 0 atom stereocenters. The number of aromatic nitrogens is 2. The van der Waals surface area contributed by atoms with Crippen molar-refractivity contribution in [3.8, 4) is 0 Å². The molecule has 260 valence electrons. The smallest absolute Gasteiger partial charge is 0.214 e. The van der Waals surface area contributed by atoms with Crippen molar-refractivity contribution in [2.45, 2.75) is 185 Å².